The molecule has 0 radical (unpaired) electrons. The molecule has 1 amide bonds. The van der Waals surface area contributed by atoms with Crippen molar-refractivity contribution in [1.29, 1.82) is 0 Å². The number of rotatable bonds is 10. The number of benzene rings is 4. The molecular formula is C30H29N3O3. The number of imidazole rings is 1. The predicted molar refractivity (Wildman–Crippen MR) is 142 cm³/mol. The second-order valence-electron chi connectivity index (χ2n) is 8.71. The summed E-state index contributed by atoms with van der Waals surface area (Å²) in [4.78, 5) is 17.4. The van der Waals surface area contributed by atoms with Crippen LogP contribution < -0.4 is 14.8 Å². The van der Waals surface area contributed by atoms with E-state index in [-0.39, 0.29) is 18.6 Å². The highest BCUT2D eigenvalue weighted by Crippen LogP contribution is 2.23. The van der Waals surface area contributed by atoms with Crippen molar-refractivity contribution >= 4 is 27.7 Å². The van der Waals surface area contributed by atoms with E-state index in [1.807, 2.05) is 73.7 Å². The fraction of sp³-hybridized carbons (Fsp3) is 0.200. The van der Waals surface area contributed by atoms with E-state index in [2.05, 4.69) is 40.2 Å². The summed E-state index contributed by atoms with van der Waals surface area (Å²) in [7, 11) is 0. The predicted octanol–water partition coefficient (Wildman–Crippen LogP) is 5.91. The van der Waals surface area contributed by atoms with Gasteiger partial charge in [0, 0.05) is 6.54 Å². The Hall–Kier alpha value is -4.32. The zero-order valence-corrected chi connectivity index (χ0v) is 20.3. The van der Waals surface area contributed by atoms with Gasteiger partial charge < -0.3 is 19.4 Å². The van der Waals surface area contributed by atoms with Crippen LogP contribution in [0.2, 0.25) is 0 Å². The highest BCUT2D eigenvalue weighted by molar-refractivity contribution is 5.83. The Morgan fingerprint density at radius 2 is 1.61 bits per heavy atom. The molecule has 182 valence electrons. The Balaban J connectivity index is 1.22. The third-order valence-corrected chi connectivity index (χ3v) is 6.08. The summed E-state index contributed by atoms with van der Waals surface area (Å²) in [6.45, 7) is 3.21. The molecule has 1 atom stereocenters. The van der Waals surface area contributed by atoms with Gasteiger partial charge in [-0.1, -0.05) is 60.7 Å². The second-order valence-corrected chi connectivity index (χ2v) is 8.71. The van der Waals surface area contributed by atoms with Crippen LogP contribution in [0.15, 0.2) is 97.1 Å². The second kappa shape index (κ2) is 11.0. The molecule has 0 aliphatic rings. The number of carbonyl (C=O) groups is 1. The average molecular weight is 480 g/mol. The van der Waals surface area contributed by atoms with Crippen molar-refractivity contribution in [2.45, 2.75) is 25.9 Å². The molecule has 5 rings (SSSR count). The van der Waals surface area contributed by atoms with Crippen LogP contribution >= 0.6 is 0 Å². The molecule has 36 heavy (non-hydrogen) atoms. The number of nitrogens with one attached hydrogen (secondary N) is 1. The molecule has 1 N–H and O–H groups in total. The molecule has 4 aromatic carbocycles. The Morgan fingerprint density at radius 3 is 2.47 bits per heavy atom. The summed E-state index contributed by atoms with van der Waals surface area (Å²) in [6, 6.07) is 31.5. The summed E-state index contributed by atoms with van der Waals surface area (Å²) in [5.74, 6) is 2.15. The third-order valence-electron chi connectivity index (χ3n) is 6.08. The normalized spacial score (nSPS) is 11.9. The lowest BCUT2D eigenvalue weighted by Crippen LogP contribution is -2.32. The van der Waals surface area contributed by atoms with Crippen LogP contribution in [0, 0.1) is 0 Å². The van der Waals surface area contributed by atoms with Gasteiger partial charge in [-0.15, -0.1) is 0 Å². The van der Waals surface area contributed by atoms with Crippen molar-refractivity contribution < 1.29 is 14.3 Å². The van der Waals surface area contributed by atoms with E-state index in [0.717, 1.165) is 35.6 Å². The number of hydrogen-bond acceptors (Lipinski definition) is 4. The summed E-state index contributed by atoms with van der Waals surface area (Å²) in [6.07, 6.45) is 0.804. The highest BCUT2D eigenvalue weighted by atomic mass is 16.5. The minimum absolute atomic E-state index is 0.0474. The minimum Gasteiger partial charge on any atom is -0.494 e. The number of carbonyl (C=O) groups excluding carboxylic acids is 1. The quantitative estimate of drug-likeness (QED) is 0.253. The number of amides is 1. The number of para-hydroxylation sites is 3. The van der Waals surface area contributed by atoms with Crippen LogP contribution in [0.25, 0.3) is 21.8 Å². The first-order chi connectivity index (χ1) is 17.7. The fourth-order valence-corrected chi connectivity index (χ4v) is 4.34. The van der Waals surface area contributed by atoms with E-state index in [1.165, 1.54) is 10.8 Å². The molecule has 0 fully saturated rings. The van der Waals surface area contributed by atoms with Crippen LogP contribution in [-0.2, 0) is 11.3 Å². The first kappa shape index (κ1) is 23.4. The summed E-state index contributed by atoms with van der Waals surface area (Å²) < 4.78 is 13.8. The lowest BCUT2D eigenvalue weighted by molar-refractivity contribution is -0.123. The summed E-state index contributed by atoms with van der Waals surface area (Å²) in [5.41, 5.74) is 1.95. The average Bonchev–Trinajstić information content (AvgIpc) is 3.29. The van der Waals surface area contributed by atoms with Crippen molar-refractivity contribution in [3.8, 4) is 11.5 Å². The van der Waals surface area contributed by atoms with Crippen LogP contribution in [0.1, 0.15) is 25.2 Å². The molecule has 5 aromatic rings. The van der Waals surface area contributed by atoms with Gasteiger partial charge in [-0.05, 0) is 60.5 Å². The number of nitrogens with zero attached hydrogens (tertiary/aromatic N) is 2. The van der Waals surface area contributed by atoms with Crippen molar-refractivity contribution in [2.75, 3.05) is 13.2 Å². The summed E-state index contributed by atoms with van der Waals surface area (Å²) >= 11 is 0. The lowest BCUT2D eigenvalue weighted by Gasteiger charge is -2.17. The number of aromatic nitrogens is 2. The maximum atomic E-state index is 12.5. The summed E-state index contributed by atoms with van der Waals surface area (Å²) in [5, 5.41) is 5.39. The molecule has 6 heteroatoms. The van der Waals surface area contributed by atoms with Gasteiger partial charge in [0.2, 0.25) is 0 Å². The molecule has 0 saturated heterocycles. The van der Waals surface area contributed by atoms with Crippen molar-refractivity contribution in [1.82, 2.24) is 14.9 Å². The Kier molecular flexibility index (Phi) is 7.12. The zero-order chi connectivity index (χ0) is 24.7. The van der Waals surface area contributed by atoms with E-state index >= 15 is 0 Å². The monoisotopic (exact) mass is 479 g/mol. The SMILES string of the molecule is CC(NC(=O)COc1ccccc1)c1nc2ccccc2n1CCCOc1ccc2ccccc2c1. The molecule has 0 spiro atoms. The van der Waals surface area contributed by atoms with Crippen molar-refractivity contribution in [3.63, 3.8) is 0 Å². The Bertz CT molecular complexity index is 1460. The van der Waals surface area contributed by atoms with Crippen LogP contribution in [0.4, 0.5) is 0 Å². The maximum Gasteiger partial charge on any atom is 0.258 e. The van der Waals surface area contributed by atoms with Gasteiger partial charge in [0.15, 0.2) is 6.61 Å². The third kappa shape index (κ3) is 5.49. The van der Waals surface area contributed by atoms with Crippen molar-refractivity contribution in [3.05, 3.63) is 103 Å². The van der Waals surface area contributed by atoms with Gasteiger partial charge in [-0.2, -0.15) is 0 Å². The van der Waals surface area contributed by atoms with E-state index in [4.69, 9.17) is 14.5 Å². The fourth-order valence-electron chi connectivity index (χ4n) is 4.34. The van der Waals surface area contributed by atoms with Gasteiger partial charge in [0.05, 0.1) is 23.7 Å². The zero-order valence-electron chi connectivity index (χ0n) is 20.3. The maximum absolute atomic E-state index is 12.5. The van der Waals surface area contributed by atoms with Gasteiger partial charge >= 0.3 is 0 Å². The standard InChI is InChI=1S/C30H29N3O3/c1-22(31-29(34)21-36-25-12-3-2-4-13-25)30-32-27-14-7-8-15-28(27)33(30)18-9-19-35-26-17-16-23-10-5-6-11-24(23)20-26/h2-8,10-17,20,22H,9,18-19,21H2,1H3,(H,31,34). The van der Waals surface area contributed by atoms with Gasteiger partial charge in [0.1, 0.15) is 17.3 Å². The van der Waals surface area contributed by atoms with E-state index in [9.17, 15) is 4.79 Å². The lowest BCUT2D eigenvalue weighted by atomic mass is 10.1. The largest absolute Gasteiger partial charge is 0.494 e. The number of fused-ring (bicyclic) bond motifs is 2. The van der Waals surface area contributed by atoms with Crippen molar-refractivity contribution in [2.24, 2.45) is 0 Å². The molecule has 0 bridgehead atoms. The first-order valence-electron chi connectivity index (χ1n) is 12.2. The van der Waals surface area contributed by atoms with Crippen LogP contribution in [-0.4, -0.2) is 28.7 Å². The van der Waals surface area contributed by atoms with E-state index < -0.39 is 0 Å². The molecule has 0 aliphatic carbocycles. The minimum atomic E-state index is -0.273. The molecule has 0 saturated carbocycles. The molecule has 6 nitrogen and oxygen atoms in total. The smallest absolute Gasteiger partial charge is 0.258 e. The van der Waals surface area contributed by atoms with E-state index in [1.54, 1.807) is 0 Å². The Morgan fingerprint density at radius 1 is 0.861 bits per heavy atom. The topological polar surface area (TPSA) is 65.4 Å². The van der Waals surface area contributed by atoms with Crippen LogP contribution in [0.3, 0.4) is 0 Å². The van der Waals surface area contributed by atoms with Gasteiger partial charge in [-0.3, -0.25) is 4.79 Å². The molecule has 1 aromatic heterocycles. The van der Waals surface area contributed by atoms with Gasteiger partial charge in [0.25, 0.3) is 5.91 Å². The number of aryl methyl sites for hydroxylation is 1. The Labute approximate surface area is 210 Å². The van der Waals surface area contributed by atoms with Gasteiger partial charge in [-0.25, -0.2) is 4.98 Å². The highest BCUT2D eigenvalue weighted by Gasteiger charge is 2.18. The van der Waals surface area contributed by atoms with E-state index in [0.29, 0.717) is 12.4 Å². The number of hydrogen-bond donors (Lipinski definition) is 1. The molecule has 1 unspecified atom stereocenters. The van der Waals surface area contributed by atoms with Crippen LogP contribution in [0.5, 0.6) is 11.5 Å². The molecule has 0 aliphatic heterocycles. The molecular weight excluding hydrogens is 450 g/mol. The first-order valence-corrected chi connectivity index (χ1v) is 12.2. The molecule has 1 heterocycles. The number of ether oxygens (including phenoxy) is 2.